The standard InChI is InChI=1S/C11H15N3O2/c1-16-7-11(15)14-6-2-3-10(14)9-4-5-12-8-13-9/h4-5,8,10H,2-3,6-7H2,1H3. The minimum atomic E-state index is 0.0311. The lowest BCUT2D eigenvalue weighted by Gasteiger charge is -2.23. The minimum absolute atomic E-state index is 0.0311. The molecule has 86 valence electrons. The molecule has 0 bridgehead atoms. The van der Waals surface area contributed by atoms with E-state index in [9.17, 15) is 4.79 Å². The lowest BCUT2D eigenvalue weighted by atomic mass is 10.1. The van der Waals surface area contributed by atoms with Crippen molar-refractivity contribution >= 4 is 5.91 Å². The molecule has 0 N–H and O–H groups in total. The predicted molar refractivity (Wildman–Crippen MR) is 57.6 cm³/mol. The van der Waals surface area contributed by atoms with Gasteiger partial charge < -0.3 is 9.64 Å². The first-order chi connectivity index (χ1) is 7.83. The van der Waals surface area contributed by atoms with Gasteiger partial charge in [0.15, 0.2) is 0 Å². The monoisotopic (exact) mass is 221 g/mol. The van der Waals surface area contributed by atoms with Crippen LogP contribution in [0.5, 0.6) is 0 Å². The van der Waals surface area contributed by atoms with Crippen LogP contribution in [0.1, 0.15) is 24.6 Å². The second-order valence-corrected chi connectivity index (χ2v) is 3.81. The third kappa shape index (κ3) is 2.19. The van der Waals surface area contributed by atoms with E-state index in [1.807, 2.05) is 11.0 Å². The van der Waals surface area contributed by atoms with Gasteiger partial charge in [-0.2, -0.15) is 0 Å². The molecule has 1 aliphatic heterocycles. The van der Waals surface area contributed by atoms with Crippen LogP contribution in [0, 0.1) is 0 Å². The molecule has 1 saturated heterocycles. The number of nitrogens with zero attached hydrogens (tertiary/aromatic N) is 3. The molecule has 1 atom stereocenters. The topological polar surface area (TPSA) is 55.3 Å². The second-order valence-electron chi connectivity index (χ2n) is 3.81. The van der Waals surface area contributed by atoms with Crippen molar-refractivity contribution in [1.82, 2.24) is 14.9 Å². The van der Waals surface area contributed by atoms with Crippen molar-refractivity contribution < 1.29 is 9.53 Å². The largest absolute Gasteiger partial charge is 0.375 e. The number of carbonyl (C=O) groups excluding carboxylic acids is 1. The Morgan fingerprint density at radius 2 is 2.56 bits per heavy atom. The van der Waals surface area contributed by atoms with Gasteiger partial charge in [-0.3, -0.25) is 4.79 Å². The normalized spacial score (nSPS) is 20.1. The molecule has 2 heterocycles. The van der Waals surface area contributed by atoms with Gasteiger partial charge in [0.1, 0.15) is 12.9 Å². The Hall–Kier alpha value is -1.49. The number of ether oxygens (including phenoxy) is 1. The summed E-state index contributed by atoms with van der Waals surface area (Å²) in [7, 11) is 1.54. The number of likely N-dealkylation sites (tertiary alicyclic amines) is 1. The highest BCUT2D eigenvalue weighted by Gasteiger charge is 2.30. The fourth-order valence-corrected chi connectivity index (χ4v) is 2.08. The Morgan fingerprint density at radius 3 is 3.25 bits per heavy atom. The first kappa shape index (κ1) is 11.0. The Labute approximate surface area is 94.5 Å². The van der Waals surface area contributed by atoms with E-state index in [1.54, 1.807) is 6.20 Å². The summed E-state index contributed by atoms with van der Waals surface area (Å²) in [5.41, 5.74) is 0.914. The molecule has 1 aromatic heterocycles. The highest BCUT2D eigenvalue weighted by Crippen LogP contribution is 2.30. The second kappa shape index (κ2) is 5.03. The molecule has 0 saturated carbocycles. The maximum absolute atomic E-state index is 11.8. The summed E-state index contributed by atoms with van der Waals surface area (Å²) in [4.78, 5) is 21.7. The molecule has 0 spiro atoms. The SMILES string of the molecule is COCC(=O)N1CCCC1c1ccncn1. The van der Waals surface area contributed by atoms with E-state index in [1.165, 1.54) is 13.4 Å². The fraction of sp³-hybridized carbons (Fsp3) is 0.545. The van der Waals surface area contributed by atoms with E-state index in [4.69, 9.17) is 4.74 Å². The first-order valence-corrected chi connectivity index (χ1v) is 5.37. The summed E-state index contributed by atoms with van der Waals surface area (Å²) in [6, 6.07) is 1.95. The summed E-state index contributed by atoms with van der Waals surface area (Å²) >= 11 is 0. The van der Waals surface area contributed by atoms with Crippen LogP contribution >= 0.6 is 0 Å². The van der Waals surface area contributed by atoms with Gasteiger partial charge in [0.05, 0.1) is 11.7 Å². The van der Waals surface area contributed by atoms with Crippen LogP contribution in [0.4, 0.5) is 0 Å². The number of hydrogen-bond donors (Lipinski definition) is 0. The maximum Gasteiger partial charge on any atom is 0.249 e. The molecular weight excluding hydrogens is 206 g/mol. The smallest absolute Gasteiger partial charge is 0.249 e. The highest BCUT2D eigenvalue weighted by molar-refractivity contribution is 5.78. The Bertz CT molecular complexity index is 356. The van der Waals surface area contributed by atoms with E-state index in [-0.39, 0.29) is 18.6 Å². The van der Waals surface area contributed by atoms with Crippen LogP contribution in [-0.4, -0.2) is 41.0 Å². The van der Waals surface area contributed by atoms with E-state index in [2.05, 4.69) is 9.97 Å². The molecule has 1 unspecified atom stereocenters. The number of hydrogen-bond acceptors (Lipinski definition) is 4. The summed E-state index contributed by atoms with van der Waals surface area (Å²) in [6.45, 7) is 0.929. The number of methoxy groups -OCH3 is 1. The van der Waals surface area contributed by atoms with Gasteiger partial charge in [-0.25, -0.2) is 9.97 Å². The van der Waals surface area contributed by atoms with Crippen LogP contribution in [-0.2, 0) is 9.53 Å². The van der Waals surface area contributed by atoms with Crippen molar-refractivity contribution in [1.29, 1.82) is 0 Å². The van der Waals surface area contributed by atoms with Crippen molar-refractivity contribution in [3.63, 3.8) is 0 Å². The zero-order valence-corrected chi connectivity index (χ0v) is 9.30. The van der Waals surface area contributed by atoms with Crippen LogP contribution in [0.15, 0.2) is 18.6 Å². The number of rotatable bonds is 3. The van der Waals surface area contributed by atoms with Crippen LogP contribution in [0.2, 0.25) is 0 Å². The molecule has 0 radical (unpaired) electrons. The Balaban J connectivity index is 2.12. The van der Waals surface area contributed by atoms with Crippen LogP contribution in [0.25, 0.3) is 0 Å². The summed E-state index contributed by atoms with van der Waals surface area (Å²) in [5, 5.41) is 0. The quantitative estimate of drug-likeness (QED) is 0.757. The molecule has 0 aromatic carbocycles. The van der Waals surface area contributed by atoms with Crippen molar-refractivity contribution in [3.8, 4) is 0 Å². The molecule has 5 heteroatoms. The third-order valence-corrected chi connectivity index (χ3v) is 2.79. The fourth-order valence-electron chi connectivity index (χ4n) is 2.08. The molecule has 1 aliphatic rings. The molecule has 1 fully saturated rings. The average molecular weight is 221 g/mol. The van der Waals surface area contributed by atoms with Gasteiger partial charge in [-0.1, -0.05) is 0 Å². The van der Waals surface area contributed by atoms with Gasteiger partial charge in [0.25, 0.3) is 0 Å². The van der Waals surface area contributed by atoms with E-state index in [0.717, 1.165) is 25.1 Å². The van der Waals surface area contributed by atoms with Crippen LogP contribution < -0.4 is 0 Å². The first-order valence-electron chi connectivity index (χ1n) is 5.37. The van der Waals surface area contributed by atoms with Crippen molar-refractivity contribution in [2.45, 2.75) is 18.9 Å². The van der Waals surface area contributed by atoms with Crippen molar-refractivity contribution in [2.24, 2.45) is 0 Å². The lowest BCUT2D eigenvalue weighted by molar-refractivity contribution is -0.136. The zero-order chi connectivity index (χ0) is 11.4. The van der Waals surface area contributed by atoms with Gasteiger partial charge in [0.2, 0.25) is 5.91 Å². The third-order valence-electron chi connectivity index (χ3n) is 2.79. The lowest BCUT2D eigenvalue weighted by Crippen LogP contribution is -2.33. The molecule has 0 aliphatic carbocycles. The van der Waals surface area contributed by atoms with Crippen molar-refractivity contribution in [2.75, 3.05) is 20.3 Å². The number of aromatic nitrogens is 2. The predicted octanol–water partition coefficient (Wildman–Crippen LogP) is 0.787. The van der Waals surface area contributed by atoms with Crippen LogP contribution in [0.3, 0.4) is 0 Å². The van der Waals surface area contributed by atoms with E-state index < -0.39 is 0 Å². The Morgan fingerprint density at radius 1 is 1.69 bits per heavy atom. The van der Waals surface area contributed by atoms with Gasteiger partial charge in [0, 0.05) is 19.9 Å². The van der Waals surface area contributed by atoms with E-state index >= 15 is 0 Å². The van der Waals surface area contributed by atoms with Gasteiger partial charge >= 0.3 is 0 Å². The molecule has 1 amide bonds. The van der Waals surface area contributed by atoms with Gasteiger partial charge in [-0.05, 0) is 18.9 Å². The molecular formula is C11H15N3O2. The molecule has 2 rings (SSSR count). The summed E-state index contributed by atoms with van der Waals surface area (Å²) in [6.07, 6.45) is 5.21. The van der Waals surface area contributed by atoms with Gasteiger partial charge in [-0.15, -0.1) is 0 Å². The zero-order valence-electron chi connectivity index (χ0n) is 9.30. The molecule has 1 aromatic rings. The highest BCUT2D eigenvalue weighted by atomic mass is 16.5. The maximum atomic E-state index is 11.8. The summed E-state index contributed by atoms with van der Waals surface area (Å²) < 4.78 is 4.88. The summed E-state index contributed by atoms with van der Waals surface area (Å²) in [5.74, 6) is 0.0311. The van der Waals surface area contributed by atoms with Crippen molar-refractivity contribution in [3.05, 3.63) is 24.3 Å². The Kier molecular flexibility index (Phi) is 3.46. The number of amides is 1. The number of carbonyl (C=O) groups is 1. The van der Waals surface area contributed by atoms with E-state index in [0.29, 0.717) is 0 Å². The average Bonchev–Trinajstić information content (AvgIpc) is 2.79. The molecule has 5 nitrogen and oxygen atoms in total. The minimum Gasteiger partial charge on any atom is -0.375 e. The molecule has 16 heavy (non-hydrogen) atoms.